The minimum Gasteiger partial charge on any atom is -0.486 e. The molecule has 0 bridgehead atoms. The van der Waals surface area contributed by atoms with Gasteiger partial charge in [0.25, 0.3) is 0 Å². The number of hydrogen-bond donors (Lipinski definition) is 0. The number of sulfonamides is 1. The Morgan fingerprint density at radius 3 is 2.48 bits per heavy atom. The molecule has 0 atom stereocenters. The van der Waals surface area contributed by atoms with Crippen LogP contribution in [-0.4, -0.2) is 76.1 Å². The molecule has 0 unspecified atom stereocenters. The molecule has 0 aromatic heterocycles. The molecule has 1 aromatic carbocycles. The molecule has 0 N–H and O–H groups in total. The summed E-state index contributed by atoms with van der Waals surface area (Å²) in [5.74, 6) is 0.715. The van der Waals surface area contributed by atoms with E-state index in [-0.39, 0.29) is 23.9 Å². The Hall–Kier alpha value is -1.84. The van der Waals surface area contributed by atoms with Crippen molar-refractivity contribution in [3.63, 3.8) is 0 Å². The highest BCUT2D eigenvalue weighted by atomic mass is 32.2. The van der Waals surface area contributed by atoms with Gasteiger partial charge in [-0.3, -0.25) is 4.79 Å². The molecule has 8 nitrogen and oxygen atoms in total. The number of carbonyl (C=O) groups excluding carboxylic acids is 1. The van der Waals surface area contributed by atoms with E-state index in [4.69, 9.17) is 14.2 Å². The fourth-order valence-electron chi connectivity index (χ4n) is 2.76. The van der Waals surface area contributed by atoms with Gasteiger partial charge in [-0.15, -0.1) is 0 Å². The van der Waals surface area contributed by atoms with Gasteiger partial charge in [-0.25, -0.2) is 8.42 Å². The van der Waals surface area contributed by atoms with Crippen LogP contribution in [0.1, 0.15) is 6.92 Å². The Bertz CT molecular complexity index is 730. The van der Waals surface area contributed by atoms with Crippen molar-refractivity contribution in [1.29, 1.82) is 0 Å². The highest BCUT2D eigenvalue weighted by Crippen LogP contribution is 2.33. The predicted octanol–water partition coefficient (Wildman–Crippen LogP) is 0.327. The average molecular weight is 370 g/mol. The van der Waals surface area contributed by atoms with Gasteiger partial charge in [-0.2, -0.15) is 4.31 Å². The Balaban J connectivity index is 1.77. The van der Waals surface area contributed by atoms with E-state index < -0.39 is 10.0 Å². The van der Waals surface area contributed by atoms with Crippen LogP contribution in [0.4, 0.5) is 0 Å². The summed E-state index contributed by atoms with van der Waals surface area (Å²) in [7, 11) is -3.80. The molecule has 138 valence electrons. The Morgan fingerprint density at radius 2 is 1.80 bits per heavy atom. The zero-order valence-electron chi connectivity index (χ0n) is 14.1. The van der Waals surface area contributed by atoms with Crippen LogP contribution in [0.5, 0.6) is 11.5 Å². The number of ether oxygens (including phenoxy) is 3. The molecule has 0 aliphatic carbocycles. The molecule has 1 aromatic rings. The number of fused-ring (bicyclic) bond motifs is 1. The molecule has 1 saturated heterocycles. The Morgan fingerprint density at radius 1 is 1.12 bits per heavy atom. The lowest BCUT2D eigenvalue weighted by Crippen LogP contribution is -2.47. The lowest BCUT2D eigenvalue weighted by molar-refractivity contribution is -0.135. The monoisotopic (exact) mass is 370 g/mol. The molecule has 3 rings (SSSR count). The van der Waals surface area contributed by atoms with Crippen molar-refractivity contribution in [3.05, 3.63) is 18.2 Å². The Labute approximate surface area is 147 Å². The fraction of sp³-hybridized carbons (Fsp3) is 0.562. The highest BCUT2D eigenvalue weighted by Gasteiger charge is 2.29. The van der Waals surface area contributed by atoms with Crippen LogP contribution >= 0.6 is 0 Å². The number of carbonyl (C=O) groups is 1. The predicted molar refractivity (Wildman–Crippen MR) is 89.3 cm³/mol. The molecule has 2 aliphatic rings. The van der Waals surface area contributed by atoms with Crippen molar-refractivity contribution in [2.45, 2.75) is 11.8 Å². The molecule has 1 amide bonds. The summed E-state index contributed by atoms with van der Waals surface area (Å²) in [6.45, 7) is 4.47. The second kappa shape index (κ2) is 7.59. The van der Waals surface area contributed by atoms with Crippen molar-refractivity contribution >= 4 is 15.9 Å². The summed E-state index contributed by atoms with van der Waals surface area (Å²) in [4.78, 5) is 14.1. The molecular weight excluding hydrogens is 348 g/mol. The first-order valence-corrected chi connectivity index (χ1v) is 9.71. The van der Waals surface area contributed by atoms with Gasteiger partial charge in [-0.05, 0) is 12.1 Å². The number of morpholine rings is 1. The maximum Gasteiger partial charge on any atom is 0.243 e. The van der Waals surface area contributed by atoms with E-state index >= 15 is 0 Å². The molecule has 1 fully saturated rings. The van der Waals surface area contributed by atoms with E-state index in [9.17, 15) is 13.2 Å². The van der Waals surface area contributed by atoms with Crippen LogP contribution < -0.4 is 9.47 Å². The third kappa shape index (κ3) is 3.88. The first-order valence-electron chi connectivity index (χ1n) is 8.27. The van der Waals surface area contributed by atoms with E-state index in [1.54, 1.807) is 17.9 Å². The number of benzene rings is 1. The zero-order chi connectivity index (χ0) is 17.9. The second-order valence-electron chi connectivity index (χ2n) is 5.73. The van der Waals surface area contributed by atoms with E-state index in [0.717, 1.165) is 0 Å². The lowest BCUT2D eigenvalue weighted by atomic mass is 10.3. The van der Waals surface area contributed by atoms with Crippen LogP contribution in [0.15, 0.2) is 23.1 Å². The summed E-state index contributed by atoms with van der Waals surface area (Å²) < 4.78 is 43.1. The molecule has 0 radical (unpaired) electrons. The summed E-state index contributed by atoms with van der Waals surface area (Å²) in [6.07, 6.45) is 0. The second-order valence-corrected chi connectivity index (χ2v) is 7.67. The smallest absolute Gasteiger partial charge is 0.243 e. The van der Waals surface area contributed by atoms with Gasteiger partial charge in [0.15, 0.2) is 11.5 Å². The molecule has 25 heavy (non-hydrogen) atoms. The number of nitrogens with zero attached hydrogens (tertiary/aromatic N) is 2. The standard InChI is InChI=1S/C16H22N2O6S/c1-2-18(12-16(19)17-5-7-22-8-6-17)25(20,21)13-3-4-14-15(11-13)24-10-9-23-14/h3-4,11H,2,5-10,12H2,1H3. The summed E-state index contributed by atoms with van der Waals surface area (Å²) >= 11 is 0. The number of rotatable bonds is 5. The van der Waals surface area contributed by atoms with Gasteiger partial charge in [0, 0.05) is 25.7 Å². The topological polar surface area (TPSA) is 85.4 Å². The molecule has 2 aliphatic heterocycles. The van der Waals surface area contributed by atoms with E-state index in [2.05, 4.69) is 0 Å². The summed E-state index contributed by atoms with van der Waals surface area (Å²) in [6, 6.07) is 4.51. The van der Waals surface area contributed by atoms with Gasteiger partial charge in [-0.1, -0.05) is 6.92 Å². The largest absolute Gasteiger partial charge is 0.486 e. The first kappa shape index (κ1) is 18.0. The van der Waals surface area contributed by atoms with Crippen LogP contribution in [0, 0.1) is 0 Å². The van der Waals surface area contributed by atoms with Crippen molar-refractivity contribution < 1.29 is 27.4 Å². The quantitative estimate of drug-likeness (QED) is 0.742. The molecule has 9 heteroatoms. The third-order valence-electron chi connectivity index (χ3n) is 4.18. The summed E-state index contributed by atoms with van der Waals surface area (Å²) in [5, 5.41) is 0. The van der Waals surface area contributed by atoms with E-state index in [1.165, 1.54) is 16.4 Å². The SMILES string of the molecule is CCN(CC(=O)N1CCOCC1)S(=O)(=O)c1ccc2c(c1)OCCO2. The number of hydrogen-bond acceptors (Lipinski definition) is 6. The van der Waals surface area contributed by atoms with Gasteiger partial charge >= 0.3 is 0 Å². The molecular formula is C16H22N2O6S. The minimum absolute atomic E-state index is 0.0911. The first-order chi connectivity index (χ1) is 12.0. The average Bonchev–Trinajstić information content (AvgIpc) is 2.66. The van der Waals surface area contributed by atoms with Crippen molar-refractivity contribution in [3.8, 4) is 11.5 Å². The van der Waals surface area contributed by atoms with E-state index in [1.807, 2.05) is 0 Å². The van der Waals surface area contributed by atoms with Gasteiger partial charge < -0.3 is 19.1 Å². The van der Waals surface area contributed by atoms with Crippen LogP contribution in [0.25, 0.3) is 0 Å². The van der Waals surface area contributed by atoms with Gasteiger partial charge in [0.1, 0.15) is 13.2 Å². The van der Waals surface area contributed by atoms with Crippen molar-refractivity contribution in [1.82, 2.24) is 9.21 Å². The molecule has 0 saturated carbocycles. The minimum atomic E-state index is -3.80. The maximum absolute atomic E-state index is 12.9. The molecule has 0 spiro atoms. The van der Waals surface area contributed by atoms with Crippen molar-refractivity contribution in [2.24, 2.45) is 0 Å². The lowest BCUT2D eigenvalue weighted by Gasteiger charge is -2.29. The maximum atomic E-state index is 12.9. The summed E-state index contributed by atoms with van der Waals surface area (Å²) in [5.41, 5.74) is 0. The number of amides is 1. The van der Waals surface area contributed by atoms with Crippen LogP contribution in [-0.2, 0) is 19.6 Å². The Kier molecular flexibility index (Phi) is 5.45. The number of likely N-dealkylation sites (N-methyl/N-ethyl adjacent to an activating group) is 1. The normalized spacial score (nSPS) is 17.6. The highest BCUT2D eigenvalue weighted by molar-refractivity contribution is 7.89. The van der Waals surface area contributed by atoms with Crippen LogP contribution in [0.3, 0.4) is 0 Å². The van der Waals surface area contributed by atoms with Gasteiger partial charge in [0.2, 0.25) is 15.9 Å². The van der Waals surface area contributed by atoms with E-state index in [0.29, 0.717) is 51.0 Å². The van der Waals surface area contributed by atoms with Crippen LogP contribution in [0.2, 0.25) is 0 Å². The molecule has 2 heterocycles. The van der Waals surface area contributed by atoms with Crippen molar-refractivity contribution in [2.75, 3.05) is 52.6 Å². The zero-order valence-corrected chi connectivity index (χ0v) is 15.0. The third-order valence-corrected chi connectivity index (χ3v) is 6.10. The van der Waals surface area contributed by atoms with Gasteiger partial charge in [0.05, 0.1) is 24.7 Å². The fourth-order valence-corrected chi connectivity index (χ4v) is 4.18.